The Morgan fingerprint density at radius 1 is 0.392 bits per heavy atom. The fraction of sp³-hybridized carbons (Fsp3) is 0.0222. The van der Waals surface area contributed by atoms with E-state index in [0.717, 1.165) is 105 Å². The molecule has 1 unspecified atom stereocenters. The summed E-state index contributed by atoms with van der Waals surface area (Å²) < 4.78 is 19.0. The summed E-state index contributed by atoms with van der Waals surface area (Å²) in [6.07, 6.45) is -0.545. The second-order valence-corrected chi connectivity index (χ2v) is 12.9. The van der Waals surface area contributed by atoms with E-state index < -0.39 is 6.17 Å². The molecule has 0 bridgehead atoms. The number of fused-ring (bicyclic) bond motifs is 9. The Labute approximate surface area is 291 Å². The van der Waals surface area contributed by atoms with Crippen molar-refractivity contribution in [3.63, 3.8) is 0 Å². The molecule has 1 aliphatic rings. The van der Waals surface area contributed by atoms with Crippen LogP contribution in [0.2, 0.25) is 0 Å². The lowest BCUT2D eigenvalue weighted by Crippen LogP contribution is -2.36. The highest BCUT2D eigenvalue weighted by Gasteiger charge is 2.26. The van der Waals surface area contributed by atoms with Gasteiger partial charge in [0, 0.05) is 49.0 Å². The molecule has 0 spiro atoms. The number of para-hydroxylation sites is 2. The minimum atomic E-state index is -0.545. The molecule has 11 rings (SSSR count). The average molecular weight is 658 g/mol. The van der Waals surface area contributed by atoms with Crippen LogP contribution in [0.15, 0.2) is 175 Å². The van der Waals surface area contributed by atoms with Crippen molar-refractivity contribution in [2.24, 2.45) is 9.98 Å². The number of furan rings is 3. The van der Waals surface area contributed by atoms with Gasteiger partial charge >= 0.3 is 0 Å². The minimum absolute atomic E-state index is 0.545. The molecule has 6 nitrogen and oxygen atoms in total. The molecule has 7 aromatic carbocycles. The first kappa shape index (κ1) is 28.0. The first-order chi connectivity index (χ1) is 25.3. The molecule has 0 aliphatic carbocycles. The Hall–Kier alpha value is -6.92. The molecule has 6 heteroatoms. The third kappa shape index (κ3) is 4.30. The lowest BCUT2D eigenvalue weighted by atomic mass is 9.93. The quantitative estimate of drug-likeness (QED) is 0.204. The Balaban J connectivity index is 1.15. The summed E-state index contributed by atoms with van der Waals surface area (Å²) in [4.78, 5) is 10.6. The predicted octanol–water partition coefficient (Wildman–Crippen LogP) is 11.5. The highest BCUT2D eigenvalue weighted by Crippen LogP contribution is 2.44. The van der Waals surface area contributed by atoms with Gasteiger partial charge in [0.25, 0.3) is 0 Å². The van der Waals surface area contributed by atoms with Gasteiger partial charge < -0.3 is 18.6 Å². The second kappa shape index (κ2) is 10.8. The zero-order valence-electron chi connectivity index (χ0n) is 27.1. The Bertz CT molecular complexity index is 3070. The molecular weight excluding hydrogens is 631 g/mol. The monoisotopic (exact) mass is 657 g/mol. The minimum Gasteiger partial charge on any atom is -0.456 e. The largest absolute Gasteiger partial charge is 0.456 e. The van der Waals surface area contributed by atoms with Gasteiger partial charge in [-0.15, -0.1) is 0 Å². The van der Waals surface area contributed by atoms with Crippen LogP contribution in [0.3, 0.4) is 0 Å². The molecule has 0 amide bonds. The van der Waals surface area contributed by atoms with E-state index in [9.17, 15) is 0 Å². The summed E-state index contributed by atoms with van der Waals surface area (Å²) >= 11 is 0. The van der Waals surface area contributed by atoms with E-state index >= 15 is 0 Å². The summed E-state index contributed by atoms with van der Waals surface area (Å²) in [5.74, 6) is 1.49. The van der Waals surface area contributed by atoms with Crippen molar-refractivity contribution in [2.45, 2.75) is 6.17 Å². The van der Waals surface area contributed by atoms with Gasteiger partial charge in [0.2, 0.25) is 0 Å². The predicted molar refractivity (Wildman–Crippen MR) is 206 cm³/mol. The van der Waals surface area contributed by atoms with Crippen LogP contribution in [0.1, 0.15) is 22.9 Å². The normalized spacial score (nSPS) is 14.9. The van der Waals surface area contributed by atoms with Crippen molar-refractivity contribution < 1.29 is 13.3 Å². The summed E-state index contributed by atoms with van der Waals surface area (Å²) in [7, 11) is 0. The smallest absolute Gasteiger partial charge is 0.170 e. The topological polar surface area (TPSA) is 76.2 Å². The molecule has 0 saturated heterocycles. The fourth-order valence-electron chi connectivity index (χ4n) is 7.68. The molecular formula is C45H27N3O3. The van der Waals surface area contributed by atoms with E-state index in [-0.39, 0.29) is 0 Å². The summed E-state index contributed by atoms with van der Waals surface area (Å²) in [5.41, 5.74) is 10.1. The number of nitrogens with zero attached hydrogens (tertiary/aromatic N) is 2. The summed E-state index contributed by atoms with van der Waals surface area (Å²) in [6.45, 7) is 0. The number of hydrogen-bond acceptors (Lipinski definition) is 6. The van der Waals surface area contributed by atoms with Crippen LogP contribution in [-0.4, -0.2) is 11.7 Å². The molecule has 0 fully saturated rings. The van der Waals surface area contributed by atoms with Crippen molar-refractivity contribution >= 4 is 77.5 Å². The molecule has 1 N–H and O–H groups in total. The van der Waals surface area contributed by atoms with Crippen LogP contribution in [0.5, 0.6) is 0 Å². The Kier molecular flexibility index (Phi) is 5.92. The van der Waals surface area contributed by atoms with Crippen LogP contribution in [0.4, 0.5) is 0 Å². The molecule has 4 heterocycles. The standard InChI is InChI=1S/C45H27N3O3/c1-2-11-26(12-3-1)43-46-44(27-23-24-36-33(25-27)28-13-4-6-18-34(28)49-36)48-45(47-43)32-17-10-22-39-42(32)41-30(16-9-21-38(41)51-39)29-15-8-20-37-40(29)31-14-5-7-19-35(31)50-37/h1-25,45H,(H,46,47,48). The molecule has 3 aromatic heterocycles. The van der Waals surface area contributed by atoms with E-state index in [2.05, 4.69) is 78.1 Å². The number of benzene rings is 7. The van der Waals surface area contributed by atoms with Crippen molar-refractivity contribution in [3.8, 4) is 11.1 Å². The van der Waals surface area contributed by atoms with Gasteiger partial charge in [-0.2, -0.15) is 0 Å². The van der Waals surface area contributed by atoms with Gasteiger partial charge in [0.1, 0.15) is 45.2 Å². The van der Waals surface area contributed by atoms with Crippen molar-refractivity contribution in [2.75, 3.05) is 0 Å². The number of amidine groups is 2. The van der Waals surface area contributed by atoms with Gasteiger partial charge in [-0.05, 0) is 59.7 Å². The molecule has 1 aliphatic heterocycles. The zero-order valence-corrected chi connectivity index (χ0v) is 27.1. The summed E-state index contributed by atoms with van der Waals surface area (Å²) in [6, 6.07) is 51.5. The molecule has 51 heavy (non-hydrogen) atoms. The van der Waals surface area contributed by atoms with Crippen molar-refractivity contribution in [3.05, 3.63) is 168 Å². The van der Waals surface area contributed by atoms with E-state index in [0.29, 0.717) is 0 Å². The maximum absolute atomic E-state index is 6.58. The number of rotatable bonds is 4. The first-order valence-corrected chi connectivity index (χ1v) is 17.0. The molecule has 0 saturated carbocycles. The maximum atomic E-state index is 6.58. The highest BCUT2D eigenvalue weighted by atomic mass is 16.3. The molecule has 1 atom stereocenters. The highest BCUT2D eigenvalue weighted by molar-refractivity contribution is 6.21. The molecule has 0 radical (unpaired) electrons. The maximum Gasteiger partial charge on any atom is 0.170 e. The average Bonchev–Trinajstić information content (AvgIpc) is 3.89. The fourth-order valence-corrected chi connectivity index (χ4v) is 7.68. The van der Waals surface area contributed by atoms with Crippen LogP contribution in [-0.2, 0) is 0 Å². The van der Waals surface area contributed by atoms with E-state index in [1.807, 2.05) is 78.9 Å². The van der Waals surface area contributed by atoms with Crippen LogP contribution >= 0.6 is 0 Å². The van der Waals surface area contributed by atoms with Gasteiger partial charge in [-0.1, -0.05) is 103 Å². The first-order valence-electron chi connectivity index (χ1n) is 17.0. The number of hydrogen-bond donors (Lipinski definition) is 1. The van der Waals surface area contributed by atoms with Gasteiger partial charge in [0.15, 0.2) is 6.17 Å². The lowest BCUT2D eigenvalue weighted by Gasteiger charge is -2.23. The molecule has 10 aromatic rings. The van der Waals surface area contributed by atoms with Gasteiger partial charge in [0.05, 0.1) is 0 Å². The third-order valence-electron chi connectivity index (χ3n) is 9.96. The van der Waals surface area contributed by atoms with E-state index in [1.165, 1.54) is 0 Å². The Morgan fingerprint density at radius 2 is 0.941 bits per heavy atom. The van der Waals surface area contributed by atoms with Crippen molar-refractivity contribution in [1.29, 1.82) is 0 Å². The van der Waals surface area contributed by atoms with Gasteiger partial charge in [-0.3, -0.25) is 0 Å². The number of aliphatic imine (C=N–C) groups is 2. The van der Waals surface area contributed by atoms with Crippen LogP contribution < -0.4 is 5.32 Å². The summed E-state index contributed by atoms with van der Waals surface area (Å²) in [5, 5.41) is 9.88. The van der Waals surface area contributed by atoms with Crippen LogP contribution in [0.25, 0.3) is 76.9 Å². The van der Waals surface area contributed by atoms with E-state index in [1.54, 1.807) is 0 Å². The Morgan fingerprint density at radius 3 is 1.75 bits per heavy atom. The third-order valence-corrected chi connectivity index (χ3v) is 9.96. The SMILES string of the molecule is c1ccc(C2=NC(c3cccc4oc5cccc(-c6cccc7oc8ccccc8c67)c5c34)N=C(c3ccc4oc5ccccc5c4c3)N2)cc1. The van der Waals surface area contributed by atoms with Crippen molar-refractivity contribution in [1.82, 2.24) is 5.32 Å². The van der Waals surface area contributed by atoms with E-state index in [4.69, 9.17) is 23.2 Å². The zero-order chi connectivity index (χ0) is 33.5. The number of nitrogens with one attached hydrogen (secondary N) is 1. The van der Waals surface area contributed by atoms with Gasteiger partial charge in [-0.25, -0.2) is 9.98 Å². The molecule has 240 valence electrons. The lowest BCUT2D eigenvalue weighted by molar-refractivity contribution is 0.667. The second-order valence-electron chi connectivity index (χ2n) is 12.9. The van der Waals surface area contributed by atoms with Crippen LogP contribution in [0, 0.1) is 0 Å².